The molecule has 0 atom stereocenters. The number of hydrogen-bond acceptors (Lipinski definition) is 2. The van der Waals surface area contributed by atoms with Crippen LogP contribution in [0.2, 0.25) is 0 Å². The smallest absolute Gasteiger partial charge is 0.329 e. The van der Waals surface area contributed by atoms with Crippen molar-refractivity contribution in [1.82, 2.24) is 5.32 Å². The molecule has 0 spiro atoms. The highest BCUT2D eigenvalue weighted by atomic mass is 16.4. The average Bonchev–Trinajstić information content (AvgIpc) is 2.41. The van der Waals surface area contributed by atoms with Gasteiger partial charge in [0, 0.05) is 5.56 Å². The molecule has 21 heavy (non-hydrogen) atoms. The van der Waals surface area contributed by atoms with Crippen molar-refractivity contribution in [2.75, 3.05) is 0 Å². The molecule has 0 bridgehead atoms. The largest absolute Gasteiger partial charge is 0.480 e. The number of rotatable bonds is 3. The van der Waals surface area contributed by atoms with Gasteiger partial charge in [0.05, 0.1) is 0 Å². The summed E-state index contributed by atoms with van der Waals surface area (Å²) < 4.78 is 0. The SMILES string of the molecule is Cc1ccc(C(=O)NC2(C(=O)O)CCC(C)CC2)c(C)c1. The van der Waals surface area contributed by atoms with Gasteiger partial charge >= 0.3 is 5.97 Å². The van der Waals surface area contributed by atoms with E-state index < -0.39 is 11.5 Å². The van der Waals surface area contributed by atoms with Crippen molar-refractivity contribution < 1.29 is 14.7 Å². The van der Waals surface area contributed by atoms with Crippen LogP contribution < -0.4 is 5.32 Å². The second-order valence-corrected chi connectivity index (χ2v) is 6.34. The van der Waals surface area contributed by atoms with Crippen LogP contribution in [0, 0.1) is 19.8 Å². The van der Waals surface area contributed by atoms with Gasteiger partial charge < -0.3 is 10.4 Å². The maximum absolute atomic E-state index is 12.5. The number of benzene rings is 1. The van der Waals surface area contributed by atoms with E-state index in [4.69, 9.17) is 0 Å². The monoisotopic (exact) mass is 289 g/mol. The second-order valence-electron chi connectivity index (χ2n) is 6.34. The molecule has 0 aromatic heterocycles. The first-order valence-corrected chi connectivity index (χ1v) is 7.47. The maximum atomic E-state index is 12.5. The standard InChI is InChI=1S/C17H23NO3/c1-11-6-8-17(9-7-11,16(20)21)18-15(19)14-5-4-12(2)10-13(14)3/h4-5,10-11H,6-9H2,1-3H3,(H,18,19)(H,20,21). The van der Waals surface area contributed by atoms with Gasteiger partial charge in [-0.1, -0.05) is 24.6 Å². The van der Waals surface area contributed by atoms with E-state index in [9.17, 15) is 14.7 Å². The molecule has 0 saturated heterocycles. The second kappa shape index (κ2) is 5.88. The Hall–Kier alpha value is -1.84. The molecule has 1 aliphatic rings. The molecule has 1 fully saturated rings. The number of carbonyl (C=O) groups is 2. The number of aryl methyl sites for hydroxylation is 2. The van der Waals surface area contributed by atoms with Gasteiger partial charge in [-0.05, 0) is 57.1 Å². The Balaban J connectivity index is 2.21. The van der Waals surface area contributed by atoms with Crippen LogP contribution in [-0.4, -0.2) is 22.5 Å². The van der Waals surface area contributed by atoms with Crippen LogP contribution in [0.25, 0.3) is 0 Å². The van der Waals surface area contributed by atoms with Crippen LogP contribution in [0.1, 0.15) is 54.1 Å². The van der Waals surface area contributed by atoms with Crippen molar-refractivity contribution in [1.29, 1.82) is 0 Å². The van der Waals surface area contributed by atoms with Crippen LogP contribution in [-0.2, 0) is 4.79 Å². The van der Waals surface area contributed by atoms with Crippen molar-refractivity contribution in [2.24, 2.45) is 5.92 Å². The molecule has 0 radical (unpaired) electrons. The Bertz CT molecular complexity index is 557. The molecule has 1 amide bonds. The van der Waals surface area contributed by atoms with Crippen LogP contribution in [0.15, 0.2) is 18.2 Å². The lowest BCUT2D eigenvalue weighted by molar-refractivity contribution is -0.146. The van der Waals surface area contributed by atoms with Crippen molar-refractivity contribution >= 4 is 11.9 Å². The number of nitrogens with one attached hydrogen (secondary N) is 1. The molecular formula is C17H23NO3. The summed E-state index contributed by atoms with van der Waals surface area (Å²) in [5, 5.41) is 12.4. The van der Waals surface area contributed by atoms with Gasteiger partial charge in [0.1, 0.15) is 5.54 Å². The Morgan fingerprint density at radius 2 is 1.86 bits per heavy atom. The Morgan fingerprint density at radius 1 is 1.24 bits per heavy atom. The van der Waals surface area contributed by atoms with Gasteiger partial charge in [-0.3, -0.25) is 4.79 Å². The zero-order valence-corrected chi connectivity index (χ0v) is 12.9. The number of aliphatic carboxylic acids is 1. The summed E-state index contributed by atoms with van der Waals surface area (Å²) in [5.41, 5.74) is 1.40. The van der Waals surface area contributed by atoms with E-state index in [-0.39, 0.29) is 5.91 Å². The predicted octanol–water partition coefficient (Wildman–Crippen LogP) is 3.07. The van der Waals surface area contributed by atoms with E-state index in [1.54, 1.807) is 6.07 Å². The minimum atomic E-state index is -1.11. The molecule has 4 heteroatoms. The van der Waals surface area contributed by atoms with E-state index in [0.29, 0.717) is 24.3 Å². The third-order valence-electron chi connectivity index (χ3n) is 4.52. The molecule has 2 rings (SSSR count). The minimum Gasteiger partial charge on any atom is -0.480 e. The summed E-state index contributed by atoms with van der Waals surface area (Å²) >= 11 is 0. The van der Waals surface area contributed by atoms with Crippen molar-refractivity contribution in [3.63, 3.8) is 0 Å². The first kappa shape index (κ1) is 15.5. The zero-order valence-electron chi connectivity index (χ0n) is 12.9. The Kier molecular flexibility index (Phi) is 4.35. The van der Waals surface area contributed by atoms with Gasteiger partial charge in [0.25, 0.3) is 5.91 Å². The average molecular weight is 289 g/mol. The van der Waals surface area contributed by atoms with Crippen molar-refractivity contribution in [3.05, 3.63) is 34.9 Å². The van der Waals surface area contributed by atoms with Crippen LogP contribution in [0.5, 0.6) is 0 Å². The van der Waals surface area contributed by atoms with E-state index in [2.05, 4.69) is 12.2 Å². The quantitative estimate of drug-likeness (QED) is 0.898. The topological polar surface area (TPSA) is 66.4 Å². The van der Waals surface area contributed by atoms with Gasteiger partial charge in [-0.25, -0.2) is 4.79 Å². The summed E-state index contributed by atoms with van der Waals surface area (Å²) in [6, 6.07) is 5.57. The predicted molar refractivity (Wildman–Crippen MR) is 81.4 cm³/mol. The Morgan fingerprint density at radius 3 is 2.38 bits per heavy atom. The lowest BCUT2D eigenvalue weighted by Crippen LogP contribution is -2.56. The number of carbonyl (C=O) groups excluding carboxylic acids is 1. The number of hydrogen-bond donors (Lipinski definition) is 2. The summed E-state index contributed by atoms with van der Waals surface area (Å²) in [7, 11) is 0. The van der Waals surface area contributed by atoms with Gasteiger partial charge in [-0.15, -0.1) is 0 Å². The third-order valence-corrected chi connectivity index (χ3v) is 4.52. The number of carboxylic acid groups (broad SMARTS) is 1. The van der Waals surface area contributed by atoms with Crippen LogP contribution in [0.3, 0.4) is 0 Å². The fourth-order valence-electron chi connectivity index (χ4n) is 3.00. The van der Waals surface area contributed by atoms with Gasteiger partial charge in [0.2, 0.25) is 0 Å². The lowest BCUT2D eigenvalue weighted by atomic mass is 9.77. The molecule has 1 aromatic carbocycles. The van der Waals surface area contributed by atoms with Crippen LogP contribution in [0.4, 0.5) is 0 Å². The molecule has 4 nitrogen and oxygen atoms in total. The maximum Gasteiger partial charge on any atom is 0.329 e. The van der Waals surface area contributed by atoms with Crippen LogP contribution >= 0.6 is 0 Å². The van der Waals surface area contributed by atoms with E-state index in [0.717, 1.165) is 24.0 Å². The fraction of sp³-hybridized carbons (Fsp3) is 0.529. The summed E-state index contributed by atoms with van der Waals surface area (Å²) in [6.45, 7) is 5.96. The highest BCUT2D eigenvalue weighted by Crippen LogP contribution is 2.32. The molecule has 2 N–H and O–H groups in total. The molecule has 114 valence electrons. The van der Waals surface area contributed by atoms with Crippen molar-refractivity contribution in [3.8, 4) is 0 Å². The molecule has 1 aromatic rings. The number of carboxylic acids is 1. The molecule has 1 saturated carbocycles. The number of amides is 1. The first-order chi connectivity index (χ1) is 9.84. The van der Waals surface area contributed by atoms with Gasteiger partial charge in [-0.2, -0.15) is 0 Å². The summed E-state index contributed by atoms with van der Waals surface area (Å²) in [4.78, 5) is 24.1. The first-order valence-electron chi connectivity index (χ1n) is 7.47. The lowest BCUT2D eigenvalue weighted by Gasteiger charge is -2.36. The van der Waals surface area contributed by atoms with E-state index >= 15 is 0 Å². The molecule has 0 aliphatic heterocycles. The summed E-state index contributed by atoms with van der Waals surface area (Å²) in [5.74, 6) is -0.688. The molecule has 1 aliphatic carbocycles. The summed E-state index contributed by atoms with van der Waals surface area (Å²) in [6.07, 6.45) is 2.67. The fourth-order valence-corrected chi connectivity index (χ4v) is 3.00. The molecular weight excluding hydrogens is 266 g/mol. The van der Waals surface area contributed by atoms with E-state index in [1.165, 1.54) is 0 Å². The molecule has 0 unspecified atom stereocenters. The third kappa shape index (κ3) is 3.26. The van der Waals surface area contributed by atoms with Gasteiger partial charge in [0.15, 0.2) is 0 Å². The minimum absolute atomic E-state index is 0.288. The Labute approximate surface area is 125 Å². The van der Waals surface area contributed by atoms with E-state index in [1.807, 2.05) is 26.0 Å². The highest BCUT2D eigenvalue weighted by molar-refractivity contribution is 5.99. The molecule has 0 heterocycles. The van der Waals surface area contributed by atoms with Crippen molar-refractivity contribution in [2.45, 2.75) is 52.0 Å². The zero-order chi connectivity index (χ0) is 15.6. The highest BCUT2D eigenvalue weighted by Gasteiger charge is 2.42. The normalized spacial score (nSPS) is 25.4.